The van der Waals surface area contributed by atoms with Crippen LogP contribution in [0, 0.1) is 11.3 Å². The summed E-state index contributed by atoms with van der Waals surface area (Å²) < 4.78 is 0. The molecule has 0 heterocycles. The van der Waals surface area contributed by atoms with Gasteiger partial charge in [0.15, 0.2) is 0 Å². The Kier molecular flexibility index (Phi) is 7.53. The maximum absolute atomic E-state index is 3.81. The monoisotopic (exact) mass is 282 g/mol. The molecule has 1 rings (SSSR count). The Hall–Kier alpha value is -0.0800. The number of likely N-dealkylation sites (N-methyl/N-ethyl adjacent to an activating group) is 1. The van der Waals surface area contributed by atoms with Crippen molar-refractivity contribution in [1.29, 1.82) is 0 Å². The van der Waals surface area contributed by atoms with Gasteiger partial charge in [-0.1, -0.05) is 41.0 Å². The predicted octanol–water partition coefficient (Wildman–Crippen LogP) is 4.30. The van der Waals surface area contributed by atoms with Gasteiger partial charge in [-0.15, -0.1) is 0 Å². The molecule has 1 fully saturated rings. The molecular weight excluding hydrogens is 244 g/mol. The van der Waals surface area contributed by atoms with Gasteiger partial charge in [0.2, 0.25) is 0 Å². The van der Waals surface area contributed by atoms with E-state index in [1.807, 2.05) is 0 Å². The van der Waals surface area contributed by atoms with Crippen molar-refractivity contribution in [3.63, 3.8) is 0 Å². The van der Waals surface area contributed by atoms with E-state index >= 15 is 0 Å². The van der Waals surface area contributed by atoms with Crippen LogP contribution >= 0.6 is 0 Å². The Morgan fingerprint density at radius 1 is 1.10 bits per heavy atom. The van der Waals surface area contributed by atoms with Crippen molar-refractivity contribution < 1.29 is 0 Å². The standard InChI is InChI=1S/C18H38N2/c1-7-12-19-16-11-10-15(18(4,5)9-3)14-17(16)20(6)13-8-2/h15-17,19H,7-14H2,1-6H3. The third-order valence-electron chi connectivity index (χ3n) is 5.63. The van der Waals surface area contributed by atoms with Crippen molar-refractivity contribution in [1.82, 2.24) is 10.2 Å². The molecule has 0 saturated heterocycles. The molecule has 1 aliphatic rings. The summed E-state index contributed by atoms with van der Waals surface area (Å²) in [4.78, 5) is 2.62. The lowest BCUT2D eigenvalue weighted by Gasteiger charge is -2.46. The average molecular weight is 283 g/mol. The Morgan fingerprint density at radius 2 is 1.80 bits per heavy atom. The van der Waals surface area contributed by atoms with Gasteiger partial charge >= 0.3 is 0 Å². The zero-order valence-electron chi connectivity index (χ0n) is 14.8. The summed E-state index contributed by atoms with van der Waals surface area (Å²) >= 11 is 0. The van der Waals surface area contributed by atoms with Crippen molar-refractivity contribution in [2.45, 2.75) is 85.2 Å². The summed E-state index contributed by atoms with van der Waals surface area (Å²) in [7, 11) is 2.33. The van der Waals surface area contributed by atoms with E-state index in [2.05, 4.69) is 51.9 Å². The molecule has 1 N–H and O–H groups in total. The SMILES string of the molecule is CCCNC1CCC(C(C)(C)CC)CC1N(C)CCC. The Bertz CT molecular complexity index is 262. The summed E-state index contributed by atoms with van der Waals surface area (Å²) in [5, 5.41) is 3.81. The van der Waals surface area contributed by atoms with Gasteiger partial charge in [-0.05, 0) is 63.6 Å². The number of rotatable bonds is 8. The molecule has 0 aromatic heterocycles. The fourth-order valence-electron chi connectivity index (χ4n) is 3.72. The number of hydrogen-bond donors (Lipinski definition) is 1. The molecule has 2 nitrogen and oxygen atoms in total. The first kappa shape index (κ1) is 18.0. The first-order valence-corrected chi connectivity index (χ1v) is 8.89. The van der Waals surface area contributed by atoms with Gasteiger partial charge in [0.25, 0.3) is 0 Å². The highest BCUT2D eigenvalue weighted by Crippen LogP contribution is 2.41. The van der Waals surface area contributed by atoms with E-state index in [1.54, 1.807) is 0 Å². The summed E-state index contributed by atoms with van der Waals surface area (Å²) in [6, 6.07) is 1.43. The quantitative estimate of drug-likeness (QED) is 0.714. The second kappa shape index (κ2) is 8.38. The lowest BCUT2D eigenvalue weighted by atomic mass is 9.67. The van der Waals surface area contributed by atoms with Crippen LogP contribution in [-0.2, 0) is 0 Å². The molecule has 20 heavy (non-hydrogen) atoms. The van der Waals surface area contributed by atoms with Crippen molar-refractivity contribution in [3.05, 3.63) is 0 Å². The second-order valence-corrected chi connectivity index (χ2v) is 7.46. The molecule has 0 amide bonds. The topological polar surface area (TPSA) is 15.3 Å². The fourth-order valence-corrected chi connectivity index (χ4v) is 3.72. The van der Waals surface area contributed by atoms with Gasteiger partial charge in [-0.25, -0.2) is 0 Å². The lowest BCUT2D eigenvalue weighted by Crippen LogP contribution is -2.53. The number of nitrogens with zero attached hydrogens (tertiary/aromatic N) is 1. The van der Waals surface area contributed by atoms with Gasteiger partial charge < -0.3 is 10.2 Å². The van der Waals surface area contributed by atoms with Crippen LogP contribution in [0.15, 0.2) is 0 Å². The van der Waals surface area contributed by atoms with Crippen LogP contribution in [0.3, 0.4) is 0 Å². The normalized spacial score (nSPS) is 28.1. The Labute approximate surface area is 127 Å². The van der Waals surface area contributed by atoms with Gasteiger partial charge in [0.1, 0.15) is 0 Å². The third-order valence-corrected chi connectivity index (χ3v) is 5.63. The van der Waals surface area contributed by atoms with E-state index in [0.29, 0.717) is 11.5 Å². The van der Waals surface area contributed by atoms with Gasteiger partial charge in [0.05, 0.1) is 0 Å². The number of nitrogens with one attached hydrogen (secondary N) is 1. The molecule has 0 aromatic carbocycles. The van der Waals surface area contributed by atoms with Gasteiger partial charge in [-0.2, -0.15) is 0 Å². The van der Waals surface area contributed by atoms with Crippen LogP contribution in [0.1, 0.15) is 73.1 Å². The van der Waals surface area contributed by atoms with Crippen molar-refractivity contribution >= 4 is 0 Å². The van der Waals surface area contributed by atoms with Crippen LogP contribution in [0.4, 0.5) is 0 Å². The van der Waals surface area contributed by atoms with Gasteiger partial charge in [-0.3, -0.25) is 0 Å². The molecule has 0 aromatic rings. The zero-order valence-corrected chi connectivity index (χ0v) is 14.8. The van der Waals surface area contributed by atoms with Crippen LogP contribution in [0.25, 0.3) is 0 Å². The molecule has 0 spiro atoms. The molecule has 0 aliphatic heterocycles. The first-order chi connectivity index (χ1) is 9.46. The minimum Gasteiger partial charge on any atom is -0.312 e. The maximum Gasteiger partial charge on any atom is 0.0249 e. The molecule has 0 bridgehead atoms. The molecule has 1 aliphatic carbocycles. The zero-order chi connectivity index (χ0) is 15.2. The molecule has 2 heteroatoms. The lowest BCUT2D eigenvalue weighted by molar-refractivity contribution is 0.0624. The minimum absolute atomic E-state index is 0.501. The molecule has 3 atom stereocenters. The third kappa shape index (κ3) is 4.73. The van der Waals surface area contributed by atoms with E-state index in [-0.39, 0.29) is 0 Å². The molecule has 120 valence electrons. The second-order valence-electron chi connectivity index (χ2n) is 7.46. The Morgan fingerprint density at radius 3 is 2.35 bits per heavy atom. The van der Waals surface area contributed by atoms with E-state index in [0.717, 1.165) is 12.0 Å². The smallest absolute Gasteiger partial charge is 0.0249 e. The highest BCUT2D eigenvalue weighted by molar-refractivity contribution is 4.94. The summed E-state index contributed by atoms with van der Waals surface area (Å²) in [6.45, 7) is 14.2. The summed E-state index contributed by atoms with van der Waals surface area (Å²) in [5.41, 5.74) is 0.501. The van der Waals surface area contributed by atoms with E-state index in [4.69, 9.17) is 0 Å². The van der Waals surface area contributed by atoms with Crippen molar-refractivity contribution in [3.8, 4) is 0 Å². The first-order valence-electron chi connectivity index (χ1n) is 8.89. The Balaban J connectivity index is 2.72. The highest BCUT2D eigenvalue weighted by Gasteiger charge is 2.38. The number of hydrogen-bond acceptors (Lipinski definition) is 2. The summed E-state index contributed by atoms with van der Waals surface area (Å²) in [6.07, 6.45) is 7.93. The van der Waals surface area contributed by atoms with E-state index < -0.39 is 0 Å². The maximum atomic E-state index is 3.81. The largest absolute Gasteiger partial charge is 0.312 e. The van der Waals surface area contributed by atoms with E-state index in [1.165, 1.54) is 51.6 Å². The molecule has 0 radical (unpaired) electrons. The highest BCUT2D eigenvalue weighted by atomic mass is 15.2. The van der Waals surface area contributed by atoms with Crippen LogP contribution in [0.2, 0.25) is 0 Å². The van der Waals surface area contributed by atoms with Crippen LogP contribution < -0.4 is 5.32 Å². The van der Waals surface area contributed by atoms with Crippen molar-refractivity contribution in [2.75, 3.05) is 20.1 Å². The molecular formula is C18H38N2. The average Bonchev–Trinajstić information content (AvgIpc) is 2.45. The van der Waals surface area contributed by atoms with Gasteiger partial charge in [0, 0.05) is 12.1 Å². The van der Waals surface area contributed by atoms with Crippen LogP contribution in [0.5, 0.6) is 0 Å². The van der Waals surface area contributed by atoms with Crippen LogP contribution in [-0.4, -0.2) is 37.1 Å². The predicted molar refractivity (Wildman–Crippen MR) is 90.2 cm³/mol. The summed E-state index contributed by atoms with van der Waals surface area (Å²) in [5.74, 6) is 0.886. The molecule has 3 unspecified atom stereocenters. The van der Waals surface area contributed by atoms with E-state index in [9.17, 15) is 0 Å². The van der Waals surface area contributed by atoms with Crippen molar-refractivity contribution in [2.24, 2.45) is 11.3 Å². The minimum atomic E-state index is 0.501. The fraction of sp³-hybridized carbons (Fsp3) is 1.00. The molecule has 1 saturated carbocycles.